The van der Waals surface area contributed by atoms with Crippen molar-refractivity contribution >= 4 is 20.4 Å². The molecule has 1 aromatic carbocycles. The first-order valence-corrected chi connectivity index (χ1v) is 6.84. The van der Waals surface area contributed by atoms with Crippen LogP contribution >= 0.6 is 9.24 Å². The van der Waals surface area contributed by atoms with Crippen LogP contribution in [0.5, 0.6) is 0 Å². The second-order valence-corrected chi connectivity index (χ2v) is 6.55. The number of halogens is 3. The van der Waals surface area contributed by atoms with Gasteiger partial charge in [0.1, 0.15) is 6.61 Å². The summed E-state index contributed by atoms with van der Waals surface area (Å²) in [4.78, 5) is 4.43. The smallest absolute Gasteiger partial charge is 0.416 e. The lowest BCUT2D eigenvalue weighted by Gasteiger charge is -2.21. The third-order valence-electron chi connectivity index (χ3n) is 3.26. The van der Waals surface area contributed by atoms with E-state index in [4.69, 9.17) is 4.74 Å². The van der Waals surface area contributed by atoms with Crippen molar-refractivity contribution in [2.75, 3.05) is 6.61 Å². The van der Waals surface area contributed by atoms with E-state index in [1.165, 1.54) is 6.07 Å². The Bertz CT molecular complexity index is 546. The van der Waals surface area contributed by atoms with Crippen LogP contribution in [0.15, 0.2) is 23.2 Å². The molecule has 0 saturated heterocycles. The molecule has 0 fully saturated rings. The van der Waals surface area contributed by atoms with Crippen molar-refractivity contribution in [2.45, 2.75) is 33.0 Å². The van der Waals surface area contributed by atoms with Gasteiger partial charge in [0.25, 0.3) is 0 Å². The first kappa shape index (κ1) is 15.3. The third kappa shape index (κ3) is 3.14. The molecule has 20 heavy (non-hydrogen) atoms. The molecule has 2 nitrogen and oxygen atoms in total. The largest absolute Gasteiger partial charge is 0.475 e. The zero-order valence-electron chi connectivity index (χ0n) is 11.6. The van der Waals surface area contributed by atoms with Crippen LogP contribution in [-0.2, 0) is 10.9 Å². The van der Waals surface area contributed by atoms with Gasteiger partial charge in [0.15, 0.2) is 0 Å². The van der Waals surface area contributed by atoms with Gasteiger partial charge in [0.05, 0.1) is 11.6 Å². The molecule has 1 unspecified atom stereocenters. The molecule has 6 heteroatoms. The predicted molar refractivity (Wildman–Crippen MR) is 76.5 cm³/mol. The number of hydrogen-bond acceptors (Lipinski definition) is 2. The second-order valence-electron chi connectivity index (χ2n) is 5.93. The fourth-order valence-electron chi connectivity index (χ4n) is 1.88. The van der Waals surface area contributed by atoms with E-state index >= 15 is 0 Å². The minimum absolute atomic E-state index is 0.0450. The van der Waals surface area contributed by atoms with Crippen LogP contribution in [0.4, 0.5) is 13.2 Å². The highest BCUT2D eigenvalue weighted by Crippen LogP contribution is 2.31. The molecule has 0 amide bonds. The molecule has 0 N–H and O–H groups in total. The fraction of sp³-hybridized carbons (Fsp3) is 0.500. The molecule has 2 rings (SSSR count). The van der Waals surface area contributed by atoms with Crippen molar-refractivity contribution in [3.8, 4) is 0 Å². The zero-order chi connectivity index (χ0) is 15.1. The van der Waals surface area contributed by atoms with Gasteiger partial charge < -0.3 is 4.74 Å². The van der Waals surface area contributed by atoms with Gasteiger partial charge in [-0.15, -0.1) is 9.24 Å². The van der Waals surface area contributed by atoms with Crippen LogP contribution in [0.1, 0.15) is 31.9 Å². The van der Waals surface area contributed by atoms with E-state index in [1.54, 1.807) is 0 Å². The molecule has 1 aliphatic rings. The van der Waals surface area contributed by atoms with E-state index in [2.05, 4.69) is 14.2 Å². The maximum atomic E-state index is 12.8. The van der Waals surface area contributed by atoms with E-state index in [1.807, 2.05) is 20.8 Å². The monoisotopic (exact) mass is 303 g/mol. The number of nitrogens with zero attached hydrogens (tertiary/aromatic N) is 1. The van der Waals surface area contributed by atoms with E-state index in [0.29, 0.717) is 23.4 Å². The summed E-state index contributed by atoms with van der Waals surface area (Å²) in [5.41, 5.74) is -0.384. The summed E-state index contributed by atoms with van der Waals surface area (Å²) in [6.07, 6.45) is -4.37. The molecule has 0 aliphatic carbocycles. The molecule has 1 aromatic rings. The molecule has 110 valence electrons. The average molecular weight is 303 g/mol. The molecule has 0 radical (unpaired) electrons. The summed E-state index contributed by atoms with van der Waals surface area (Å²) in [5, 5.41) is 0.645. The van der Waals surface area contributed by atoms with Crippen LogP contribution in [0.3, 0.4) is 0 Å². The van der Waals surface area contributed by atoms with Gasteiger partial charge in [-0.3, -0.25) is 0 Å². The van der Waals surface area contributed by atoms with Gasteiger partial charge >= 0.3 is 6.18 Å². The van der Waals surface area contributed by atoms with Crippen molar-refractivity contribution in [1.82, 2.24) is 0 Å². The average Bonchev–Trinajstić information content (AvgIpc) is 2.76. The summed E-state index contributed by atoms with van der Waals surface area (Å²) in [6, 6.07) is 3.52. The number of hydrogen-bond donors (Lipinski definition) is 0. The van der Waals surface area contributed by atoms with Crippen molar-refractivity contribution in [2.24, 2.45) is 10.4 Å². The van der Waals surface area contributed by atoms with Crippen molar-refractivity contribution in [3.05, 3.63) is 29.3 Å². The first-order chi connectivity index (χ1) is 9.09. The molecule has 1 aliphatic heterocycles. The van der Waals surface area contributed by atoms with Crippen LogP contribution in [0, 0.1) is 5.41 Å². The van der Waals surface area contributed by atoms with Crippen molar-refractivity contribution in [3.63, 3.8) is 0 Å². The Morgan fingerprint density at radius 3 is 2.40 bits per heavy atom. The minimum Gasteiger partial charge on any atom is -0.475 e. The van der Waals surface area contributed by atoms with Gasteiger partial charge in [-0.25, -0.2) is 4.99 Å². The van der Waals surface area contributed by atoms with E-state index in [-0.39, 0.29) is 11.5 Å². The summed E-state index contributed by atoms with van der Waals surface area (Å²) in [6.45, 7) is 6.49. The quantitative estimate of drug-likeness (QED) is 0.729. The van der Waals surface area contributed by atoms with Crippen LogP contribution in [0.25, 0.3) is 0 Å². The number of alkyl halides is 3. The molecule has 0 aromatic heterocycles. The van der Waals surface area contributed by atoms with Crippen LogP contribution < -0.4 is 5.30 Å². The highest BCUT2D eigenvalue weighted by atomic mass is 31.0. The summed E-state index contributed by atoms with van der Waals surface area (Å²) in [5.74, 6) is 0.293. The Balaban J connectivity index is 2.39. The molecule has 0 spiro atoms. The zero-order valence-corrected chi connectivity index (χ0v) is 12.7. The van der Waals surface area contributed by atoms with E-state index in [0.717, 1.165) is 12.1 Å². The maximum absolute atomic E-state index is 12.8. The highest BCUT2D eigenvalue weighted by Gasteiger charge is 2.34. The van der Waals surface area contributed by atoms with Gasteiger partial charge in [-0.1, -0.05) is 26.8 Å². The Kier molecular flexibility index (Phi) is 3.85. The van der Waals surface area contributed by atoms with E-state index in [9.17, 15) is 13.2 Å². The van der Waals surface area contributed by atoms with Gasteiger partial charge in [0, 0.05) is 5.56 Å². The lowest BCUT2D eigenvalue weighted by atomic mass is 9.88. The summed E-state index contributed by atoms with van der Waals surface area (Å²) >= 11 is 0. The molecular weight excluding hydrogens is 286 g/mol. The third-order valence-corrected chi connectivity index (χ3v) is 3.77. The molecule has 1 heterocycles. The Hall–Kier alpha value is -1.09. The number of ether oxygens (including phenoxy) is 1. The normalized spacial score (nSPS) is 19.8. The lowest BCUT2D eigenvalue weighted by Crippen LogP contribution is -2.25. The molecule has 2 atom stereocenters. The Labute approximate surface area is 118 Å². The Morgan fingerprint density at radius 1 is 1.25 bits per heavy atom. The van der Waals surface area contributed by atoms with Crippen molar-refractivity contribution < 1.29 is 17.9 Å². The predicted octanol–water partition coefficient (Wildman–Crippen LogP) is 3.40. The standard InChI is InChI=1S/C14H17F3NOP/c1-13(2,3)11-7-19-12(18-11)9-6-8(14(15,16)17)4-5-10(9)20/h4-6,11H,7,20H2,1-3H3/t11-/m0/s1. The summed E-state index contributed by atoms with van der Waals surface area (Å²) < 4.78 is 43.8. The number of rotatable bonds is 1. The van der Waals surface area contributed by atoms with Gasteiger partial charge in [-0.05, 0) is 22.9 Å². The second kappa shape index (κ2) is 5.03. The van der Waals surface area contributed by atoms with Crippen LogP contribution in [-0.4, -0.2) is 18.5 Å². The van der Waals surface area contributed by atoms with Gasteiger partial charge in [0.2, 0.25) is 5.90 Å². The highest BCUT2D eigenvalue weighted by molar-refractivity contribution is 7.27. The van der Waals surface area contributed by atoms with E-state index < -0.39 is 11.7 Å². The number of aliphatic imine (C=N–C) groups is 1. The molecule has 0 saturated carbocycles. The molecular formula is C14H17F3NOP. The topological polar surface area (TPSA) is 21.6 Å². The Morgan fingerprint density at radius 2 is 1.90 bits per heavy atom. The number of benzene rings is 1. The SMILES string of the molecule is CC(C)(C)[C@@H]1COC(c2cc(C(F)(F)F)ccc2P)=N1. The molecule has 0 bridgehead atoms. The fourth-order valence-corrected chi connectivity index (χ4v) is 2.19. The minimum atomic E-state index is -4.37. The first-order valence-electron chi connectivity index (χ1n) is 6.27. The maximum Gasteiger partial charge on any atom is 0.416 e. The van der Waals surface area contributed by atoms with Gasteiger partial charge in [-0.2, -0.15) is 13.2 Å². The summed E-state index contributed by atoms with van der Waals surface area (Å²) in [7, 11) is 2.42. The van der Waals surface area contributed by atoms with Crippen molar-refractivity contribution in [1.29, 1.82) is 0 Å². The van der Waals surface area contributed by atoms with Crippen LogP contribution in [0.2, 0.25) is 0 Å². The lowest BCUT2D eigenvalue weighted by molar-refractivity contribution is -0.137.